The third kappa shape index (κ3) is 3.65. The summed E-state index contributed by atoms with van der Waals surface area (Å²) in [4.78, 5) is 4.38. The summed E-state index contributed by atoms with van der Waals surface area (Å²) in [7, 11) is 0. The van der Waals surface area contributed by atoms with Gasteiger partial charge in [0.15, 0.2) is 0 Å². The first-order valence-corrected chi connectivity index (χ1v) is 7.07. The van der Waals surface area contributed by atoms with Crippen molar-refractivity contribution in [3.05, 3.63) is 11.4 Å². The number of nitrogens with zero attached hydrogens (tertiary/aromatic N) is 3. The summed E-state index contributed by atoms with van der Waals surface area (Å²) in [5, 5.41) is 11.4. The maximum Gasteiger partial charge on any atom is 0.242 e. The number of aryl methyl sites for hydroxylation is 2. The highest BCUT2D eigenvalue weighted by Gasteiger charge is 2.17. The Kier molecular flexibility index (Phi) is 4.50. The zero-order valence-electron chi connectivity index (χ0n) is 11.7. The van der Waals surface area contributed by atoms with Crippen LogP contribution in [0.2, 0.25) is 0 Å². The first-order valence-electron chi connectivity index (χ1n) is 7.07. The predicted molar refractivity (Wildman–Crippen MR) is 73.5 cm³/mol. The van der Waals surface area contributed by atoms with Gasteiger partial charge in [-0.15, -0.1) is 5.10 Å². The van der Waals surface area contributed by atoms with Crippen LogP contribution in [0.3, 0.4) is 0 Å². The van der Waals surface area contributed by atoms with E-state index in [-0.39, 0.29) is 0 Å². The van der Waals surface area contributed by atoms with Crippen LogP contribution in [-0.4, -0.2) is 21.7 Å². The highest BCUT2D eigenvalue weighted by atomic mass is 15.2. The van der Waals surface area contributed by atoms with Crippen LogP contribution in [0.15, 0.2) is 0 Å². The van der Waals surface area contributed by atoms with Crippen molar-refractivity contribution in [2.75, 3.05) is 11.9 Å². The molecular weight excluding hydrogens is 224 g/mol. The van der Waals surface area contributed by atoms with Gasteiger partial charge in [0.25, 0.3) is 0 Å². The molecule has 1 N–H and O–H groups in total. The highest BCUT2D eigenvalue weighted by Crippen LogP contribution is 2.30. The Hall–Kier alpha value is -1.19. The van der Waals surface area contributed by atoms with E-state index in [0.717, 1.165) is 29.8 Å². The summed E-state index contributed by atoms with van der Waals surface area (Å²) in [5.74, 6) is 2.48. The molecule has 1 aliphatic rings. The summed E-state index contributed by atoms with van der Waals surface area (Å²) in [6.07, 6.45) is 6.78. The smallest absolute Gasteiger partial charge is 0.242 e. The van der Waals surface area contributed by atoms with Gasteiger partial charge in [-0.05, 0) is 32.1 Å². The lowest BCUT2D eigenvalue weighted by Crippen LogP contribution is -2.16. The second kappa shape index (κ2) is 6.12. The molecule has 0 bridgehead atoms. The van der Waals surface area contributed by atoms with Crippen LogP contribution in [0.4, 0.5) is 5.95 Å². The maximum atomic E-state index is 4.38. The molecular formula is C14H24N4. The minimum absolute atomic E-state index is 0.669. The maximum absolute atomic E-state index is 4.38. The number of hydrogen-bond donors (Lipinski definition) is 1. The first-order chi connectivity index (χ1) is 8.65. The Balaban J connectivity index is 1.73. The zero-order chi connectivity index (χ0) is 13.0. The molecule has 0 aliphatic heterocycles. The van der Waals surface area contributed by atoms with Crippen molar-refractivity contribution in [3.63, 3.8) is 0 Å². The lowest BCUT2D eigenvalue weighted by Gasteiger charge is -2.26. The first kappa shape index (κ1) is 13.2. The Morgan fingerprint density at radius 3 is 2.44 bits per heavy atom. The second-order valence-corrected chi connectivity index (χ2v) is 5.65. The van der Waals surface area contributed by atoms with E-state index in [1.807, 2.05) is 13.8 Å². The van der Waals surface area contributed by atoms with Gasteiger partial charge in [0, 0.05) is 6.54 Å². The van der Waals surface area contributed by atoms with Gasteiger partial charge in [0.1, 0.15) is 0 Å². The van der Waals surface area contributed by atoms with Gasteiger partial charge in [0.05, 0.1) is 11.4 Å². The van der Waals surface area contributed by atoms with E-state index in [1.165, 1.54) is 32.1 Å². The molecule has 4 nitrogen and oxygen atoms in total. The van der Waals surface area contributed by atoms with Crippen LogP contribution in [0.1, 0.15) is 50.4 Å². The average Bonchev–Trinajstić information content (AvgIpc) is 2.36. The quantitative estimate of drug-likeness (QED) is 0.889. The Morgan fingerprint density at radius 2 is 1.78 bits per heavy atom. The predicted octanol–water partition coefficient (Wildman–Crippen LogP) is 3.12. The average molecular weight is 248 g/mol. The Labute approximate surface area is 110 Å². The fourth-order valence-corrected chi connectivity index (χ4v) is 2.54. The van der Waals surface area contributed by atoms with Gasteiger partial charge in [-0.2, -0.15) is 5.10 Å². The molecule has 1 fully saturated rings. The normalized spacial score (nSPS) is 23.9. The number of nitrogens with one attached hydrogen (secondary N) is 1. The number of anilines is 1. The number of hydrogen-bond acceptors (Lipinski definition) is 4. The van der Waals surface area contributed by atoms with Gasteiger partial charge in [-0.1, -0.05) is 32.6 Å². The third-order valence-electron chi connectivity index (χ3n) is 4.06. The summed E-state index contributed by atoms with van der Waals surface area (Å²) < 4.78 is 0. The van der Waals surface area contributed by atoms with Crippen LogP contribution in [0.25, 0.3) is 0 Å². The van der Waals surface area contributed by atoms with Gasteiger partial charge >= 0.3 is 0 Å². The minimum atomic E-state index is 0.669. The highest BCUT2D eigenvalue weighted by molar-refractivity contribution is 5.24. The van der Waals surface area contributed by atoms with Crippen LogP contribution in [0, 0.1) is 25.7 Å². The molecule has 1 aliphatic carbocycles. The lowest BCUT2D eigenvalue weighted by molar-refractivity contribution is 0.281. The van der Waals surface area contributed by atoms with Gasteiger partial charge in [-0.3, -0.25) is 0 Å². The Bertz CT molecular complexity index is 383. The van der Waals surface area contributed by atoms with Crippen molar-refractivity contribution in [1.29, 1.82) is 0 Å². The molecule has 0 aromatic carbocycles. The van der Waals surface area contributed by atoms with E-state index in [9.17, 15) is 0 Å². The van der Waals surface area contributed by atoms with E-state index < -0.39 is 0 Å². The van der Waals surface area contributed by atoms with Crippen molar-refractivity contribution in [1.82, 2.24) is 15.2 Å². The third-order valence-corrected chi connectivity index (χ3v) is 4.06. The van der Waals surface area contributed by atoms with Crippen molar-refractivity contribution < 1.29 is 0 Å². The van der Waals surface area contributed by atoms with Crippen molar-refractivity contribution in [3.8, 4) is 0 Å². The molecule has 1 aromatic heterocycles. The van der Waals surface area contributed by atoms with Gasteiger partial charge < -0.3 is 5.32 Å². The van der Waals surface area contributed by atoms with E-state index in [0.29, 0.717) is 5.95 Å². The monoisotopic (exact) mass is 248 g/mol. The van der Waals surface area contributed by atoms with Gasteiger partial charge in [-0.25, -0.2) is 4.98 Å². The number of aromatic nitrogens is 3. The van der Waals surface area contributed by atoms with E-state index >= 15 is 0 Å². The molecule has 4 heteroatoms. The summed E-state index contributed by atoms with van der Waals surface area (Å²) >= 11 is 0. The van der Waals surface area contributed by atoms with Gasteiger partial charge in [0.2, 0.25) is 5.95 Å². The Morgan fingerprint density at radius 1 is 1.06 bits per heavy atom. The molecule has 0 radical (unpaired) electrons. The molecule has 1 aromatic rings. The molecule has 0 atom stereocenters. The lowest BCUT2D eigenvalue weighted by atomic mass is 9.81. The van der Waals surface area contributed by atoms with E-state index in [1.54, 1.807) is 0 Å². The van der Waals surface area contributed by atoms with E-state index in [2.05, 4.69) is 27.4 Å². The molecule has 0 saturated heterocycles. The molecule has 0 unspecified atom stereocenters. The fourth-order valence-electron chi connectivity index (χ4n) is 2.54. The largest absolute Gasteiger partial charge is 0.353 e. The van der Waals surface area contributed by atoms with Crippen LogP contribution in [-0.2, 0) is 0 Å². The van der Waals surface area contributed by atoms with Crippen molar-refractivity contribution in [2.24, 2.45) is 11.8 Å². The van der Waals surface area contributed by atoms with Crippen molar-refractivity contribution >= 4 is 5.95 Å². The number of rotatable bonds is 4. The molecule has 2 rings (SSSR count). The molecule has 1 saturated carbocycles. The van der Waals surface area contributed by atoms with Crippen LogP contribution < -0.4 is 5.32 Å². The second-order valence-electron chi connectivity index (χ2n) is 5.65. The minimum Gasteiger partial charge on any atom is -0.353 e. The zero-order valence-corrected chi connectivity index (χ0v) is 11.7. The molecule has 100 valence electrons. The molecule has 18 heavy (non-hydrogen) atoms. The topological polar surface area (TPSA) is 50.7 Å². The standard InChI is InChI=1S/C14H24N4/c1-10-4-6-13(7-5-10)8-9-15-14-16-11(2)12(3)17-18-14/h10,13H,4-9H2,1-3H3,(H,15,16,18). The SMILES string of the molecule is Cc1nnc(NCCC2CCC(C)CC2)nc1C. The molecule has 1 heterocycles. The summed E-state index contributed by atoms with van der Waals surface area (Å²) in [5.41, 5.74) is 1.86. The fraction of sp³-hybridized carbons (Fsp3) is 0.786. The van der Waals surface area contributed by atoms with E-state index in [4.69, 9.17) is 0 Å². The molecule has 0 spiro atoms. The molecule has 0 amide bonds. The van der Waals surface area contributed by atoms with Crippen molar-refractivity contribution in [2.45, 2.75) is 52.9 Å². The summed E-state index contributed by atoms with van der Waals surface area (Å²) in [6, 6.07) is 0. The van der Waals surface area contributed by atoms with Crippen LogP contribution >= 0.6 is 0 Å². The van der Waals surface area contributed by atoms with Crippen LogP contribution in [0.5, 0.6) is 0 Å². The summed E-state index contributed by atoms with van der Waals surface area (Å²) in [6.45, 7) is 7.23.